The zero-order valence-electron chi connectivity index (χ0n) is 17.2. The lowest BCUT2D eigenvalue weighted by atomic mass is 10.0. The molecule has 0 amide bonds. The van der Waals surface area contributed by atoms with E-state index in [1.54, 1.807) is 33.5 Å². The van der Waals surface area contributed by atoms with Crippen molar-refractivity contribution in [1.82, 2.24) is 0 Å². The Balaban J connectivity index is 1.91. The van der Waals surface area contributed by atoms with E-state index in [9.17, 15) is 5.26 Å². The van der Waals surface area contributed by atoms with Crippen LogP contribution < -0.4 is 18.9 Å². The molecule has 0 saturated carbocycles. The molecule has 0 bridgehead atoms. The van der Waals surface area contributed by atoms with Gasteiger partial charge in [-0.3, -0.25) is 0 Å². The van der Waals surface area contributed by atoms with Gasteiger partial charge in [-0.05, 0) is 53.1 Å². The minimum atomic E-state index is 0.405. The molecule has 0 unspecified atom stereocenters. The van der Waals surface area contributed by atoms with Crippen molar-refractivity contribution in [2.24, 2.45) is 0 Å². The van der Waals surface area contributed by atoms with Crippen molar-refractivity contribution >= 4 is 11.6 Å². The van der Waals surface area contributed by atoms with Gasteiger partial charge in [0.25, 0.3) is 0 Å². The topological polar surface area (TPSA) is 60.7 Å². The summed E-state index contributed by atoms with van der Waals surface area (Å²) in [5.74, 6) is 2.42. The molecule has 0 aliphatic carbocycles. The number of allylic oxidation sites excluding steroid dienone is 1. The third-order valence-electron chi connectivity index (χ3n) is 4.55. The van der Waals surface area contributed by atoms with Crippen LogP contribution in [0.4, 0.5) is 0 Å². The summed E-state index contributed by atoms with van der Waals surface area (Å²) < 4.78 is 22.0. The van der Waals surface area contributed by atoms with Crippen molar-refractivity contribution in [3.05, 3.63) is 83.4 Å². The first-order valence-electron chi connectivity index (χ1n) is 9.37. The molecular weight excluding hydrogens is 378 g/mol. The molecule has 0 N–H and O–H groups in total. The number of benzene rings is 3. The Morgan fingerprint density at radius 1 is 0.800 bits per heavy atom. The van der Waals surface area contributed by atoms with E-state index in [2.05, 4.69) is 6.07 Å². The fraction of sp³-hybridized carbons (Fsp3) is 0.160. The second kappa shape index (κ2) is 10.0. The Labute approximate surface area is 176 Å². The molecule has 152 valence electrons. The SMILES string of the molecule is COc1ccc(/C=C(\C#N)c2ccc(OC)c(OCc3ccccc3)c2)cc1OC. The summed E-state index contributed by atoms with van der Waals surface area (Å²) in [5.41, 5.74) is 3.10. The lowest BCUT2D eigenvalue weighted by molar-refractivity contribution is 0.284. The summed E-state index contributed by atoms with van der Waals surface area (Å²) in [5, 5.41) is 9.75. The molecule has 0 aromatic heterocycles. The maximum atomic E-state index is 9.75. The summed E-state index contributed by atoms with van der Waals surface area (Å²) >= 11 is 0. The minimum Gasteiger partial charge on any atom is -0.493 e. The van der Waals surface area contributed by atoms with Crippen molar-refractivity contribution in [1.29, 1.82) is 5.26 Å². The van der Waals surface area contributed by atoms with E-state index in [4.69, 9.17) is 18.9 Å². The number of rotatable bonds is 8. The van der Waals surface area contributed by atoms with Crippen LogP contribution in [0, 0.1) is 11.3 Å². The summed E-state index contributed by atoms with van der Waals surface area (Å²) in [7, 11) is 4.76. The van der Waals surface area contributed by atoms with E-state index in [1.807, 2.05) is 60.7 Å². The third kappa shape index (κ3) is 4.92. The first kappa shape index (κ1) is 20.8. The third-order valence-corrected chi connectivity index (χ3v) is 4.55. The lowest BCUT2D eigenvalue weighted by Crippen LogP contribution is -1.98. The van der Waals surface area contributed by atoms with Crippen LogP contribution >= 0.6 is 0 Å². The van der Waals surface area contributed by atoms with Crippen LogP contribution in [0.2, 0.25) is 0 Å². The largest absolute Gasteiger partial charge is 0.493 e. The van der Waals surface area contributed by atoms with Gasteiger partial charge in [0.15, 0.2) is 23.0 Å². The second-order valence-electron chi connectivity index (χ2n) is 6.42. The predicted molar refractivity (Wildman–Crippen MR) is 117 cm³/mol. The Morgan fingerprint density at radius 2 is 1.47 bits per heavy atom. The first-order valence-corrected chi connectivity index (χ1v) is 9.37. The highest BCUT2D eigenvalue weighted by Crippen LogP contribution is 2.33. The van der Waals surface area contributed by atoms with Gasteiger partial charge in [0.1, 0.15) is 6.61 Å². The normalized spacial score (nSPS) is 10.8. The van der Waals surface area contributed by atoms with Gasteiger partial charge in [0, 0.05) is 0 Å². The van der Waals surface area contributed by atoms with Crippen molar-refractivity contribution in [2.75, 3.05) is 21.3 Å². The zero-order valence-corrected chi connectivity index (χ0v) is 17.2. The number of methoxy groups -OCH3 is 3. The van der Waals surface area contributed by atoms with Crippen LogP contribution in [-0.2, 0) is 6.61 Å². The Bertz CT molecular complexity index is 1070. The van der Waals surface area contributed by atoms with Crippen LogP contribution in [0.3, 0.4) is 0 Å². The average Bonchev–Trinajstić information content (AvgIpc) is 2.81. The molecule has 0 fully saturated rings. The van der Waals surface area contributed by atoms with Crippen LogP contribution in [0.5, 0.6) is 23.0 Å². The summed E-state index contributed by atoms with van der Waals surface area (Å²) in [6.45, 7) is 0.405. The molecule has 0 atom stereocenters. The Morgan fingerprint density at radius 3 is 2.13 bits per heavy atom. The molecular formula is C25H23NO4. The van der Waals surface area contributed by atoms with Crippen LogP contribution in [-0.4, -0.2) is 21.3 Å². The molecule has 0 heterocycles. The van der Waals surface area contributed by atoms with Gasteiger partial charge in [-0.2, -0.15) is 5.26 Å². The molecule has 0 aliphatic rings. The number of hydrogen-bond acceptors (Lipinski definition) is 5. The number of hydrogen-bond donors (Lipinski definition) is 0. The second-order valence-corrected chi connectivity index (χ2v) is 6.42. The molecule has 5 heteroatoms. The molecule has 30 heavy (non-hydrogen) atoms. The van der Waals surface area contributed by atoms with Crippen molar-refractivity contribution in [3.8, 4) is 29.1 Å². The van der Waals surface area contributed by atoms with Gasteiger partial charge < -0.3 is 18.9 Å². The molecule has 3 aromatic rings. The molecule has 0 spiro atoms. The first-order chi connectivity index (χ1) is 14.7. The summed E-state index contributed by atoms with van der Waals surface area (Å²) in [6.07, 6.45) is 1.80. The summed E-state index contributed by atoms with van der Waals surface area (Å²) in [6, 6.07) is 23.1. The fourth-order valence-corrected chi connectivity index (χ4v) is 2.98. The maximum absolute atomic E-state index is 9.75. The Hall–Kier alpha value is -3.91. The minimum absolute atomic E-state index is 0.405. The zero-order chi connectivity index (χ0) is 21.3. The van der Waals surface area contributed by atoms with E-state index >= 15 is 0 Å². The van der Waals surface area contributed by atoms with Crippen LogP contribution in [0.1, 0.15) is 16.7 Å². The quantitative estimate of drug-likeness (QED) is 0.376. The van der Waals surface area contributed by atoms with Crippen LogP contribution in [0.15, 0.2) is 66.7 Å². The number of nitriles is 1. The van der Waals surface area contributed by atoms with Crippen molar-refractivity contribution in [3.63, 3.8) is 0 Å². The van der Waals surface area contributed by atoms with Gasteiger partial charge in [0.05, 0.1) is 33.0 Å². The van der Waals surface area contributed by atoms with Crippen molar-refractivity contribution < 1.29 is 18.9 Å². The highest BCUT2D eigenvalue weighted by Gasteiger charge is 2.10. The van der Waals surface area contributed by atoms with E-state index in [1.165, 1.54) is 0 Å². The van der Waals surface area contributed by atoms with E-state index in [-0.39, 0.29) is 0 Å². The monoisotopic (exact) mass is 401 g/mol. The maximum Gasteiger partial charge on any atom is 0.162 e. The van der Waals surface area contributed by atoms with E-state index in [0.29, 0.717) is 35.2 Å². The average molecular weight is 401 g/mol. The summed E-state index contributed by atoms with van der Waals surface area (Å²) in [4.78, 5) is 0. The van der Waals surface area contributed by atoms with Gasteiger partial charge in [-0.25, -0.2) is 0 Å². The molecule has 3 rings (SSSR count). The van der Waals surface area contributed by atoms with Gasteiger partial charge in [0.2, 0.25) is 0 Å². The van der Waals surface area contributed by atoms with E-state index in [0.717, 1.165) is 16.7 Å². The number of nitrogens with zero attached hydrogens (tertiary/aromatic N) is 1. The number of ether oxygens (including phenoxy) is 4. The van der Waals surface area contributed by atoms with Gasteiger partial charge in [-0.1, -0.05) is 36.4 Å². The lowest BCUT2D eigenvalue weighted by Gasteiger charge is -2.12. The molecule has 0 radical (unpaired) electrons. The fourth-order valence-electron chi connectivity index (χ4n) is 2.98. The van der Waals surface area contributed by atoms with Crippen LogP contribution in [0.25, 0.3) is 11.6 Å². The highest BCUT2D eigenvalue weighted by molar-refractivity contribution is 5.90. The molecule has 0 aliphatic heterocycles. The van der Waals surface area contributed by atoms with E-state index < -0.39 is 0 Å². The highest BCUT2D eigenvalue weighted by atomic mass is 16.5. The molecule has 5 nitrogen and oxygen atoms in total. The Kier molecular flexibility index (Phi) is 6.96. The van der Waals surface area contributed by atoms with Gasteiger partial charge >= 0.3 is 0 Å². The van der Waals surface area contributed by atoms with Gasteiger partial charge in [-0.15, -0.1) is 0 Å². The molecule has 3 aromatic carbocycles. The smallest absolute Gasteiger partial charge is 0.162 e. The molecule has 0 saturated heterocycles. The predicted octanol–water partition coefficient (Wildman–Crippen LogP) is 5.36. The van der Waals surface area contributed by atoms with Crippen molar-refractivity contribution in [2.45, 2.75) is 6.61 Å². The standard InChI is InChI=1S/C25H23NO4/c1-27-22-11-9-19(14-24(22)29-3)13-21(16-26)20-10-12-23(28-2)25(15-20)30-17-18-7-5-4-6-8-18/h4-15H,17H2,1-3H3/b21-13+.